The van der Waals surface area contributed by atoms with E-state index in [9.17, 15) is 19.2 Å². The summed E-state index contributed by atoms with van der Waals surface area (Å²) in [4.78, 5) is 73.6. The zero-order valence-electron chi connectivity index (χ0n) is 39.4. The van der Waals surface area contributed by atoms with Gasteiger partial charge in [-0.1, -0.05) is 70.2 Å². The molecular formula is C53H62N8O6. The summed E-state index contributed by atoms with van der Waals surface area (Å²) in [5, 5.41) is 5.56. The van der Waals surface area contributed by atoms with Gasteiger partial charge >= 0.3 is 12.2 Å². The van der Waals surface area contributed by atoms with Crippen LogP contribution in [0.2, 0.25) is 0 Å². The Morgan fingerprint density at radius 1 is 0.701 bits per heavy atom. The number of carbonyl (C=O) groups is 4. The molecule has 2 spiro atoms. The van der Waals surface area contributed by atoms with Crippen LogP contribution in [0.4, 0.5) is 9.59 Å². The van der Waals surface area contributed by atoms with Crippen molar-refractivity contribution in [3.8, 4) is 33.5 Å². The van der Waals surface area contributed by atoms with Gasteiger partial charge in [-0.25, -0.2) is 19.6 Å². The van der Waals surface area contributed by atoms with Crippen molar-refractivity contribution < 1.29 is 28.7 Å². The fourth-order valence-electron chi connectivity index (χ4n) is 12.0. The molecule has 14 nitrogen and oxygen atoms in total. The number of hydrogen-bond donors (Lipinski definition) is 4. The highest BCUT2D eigenvalue weighted by Gasteiger charge is 2.56. The molecule has 5 aromatic rings. The average molecular weight is 907 g/mol. The largest absolute Gasteiger partial charge is 0.453 e. The Bertz CT molecular complexity index is 2780. The van der Waals surface area contributed by atoms with Crippen LogP contribution in [0.5, 0.6) is 0 Å². The van der Waals surface area contributed by atoms with E-state index in [1.54, 1.807) is 0 Å². The van der Waals surface area contributed by atoms with Crippen LogP contribution in [0.15, 0.2) is 60.8 Å². The van der Waals surface area contributed by atoms with Crippen LogP contribution in [0.3, 0.4) is 0 Å². The highest BCUT2D eigenvalue weighted by molar-refractivity contribution is 5.89. The molecule has 67 heavy (non-hydrogen) atoms. The molecule has 4 N–H and O–H groups in total. The molecule has 0 bridgehead atoms. The van der Waals surface area contributed by atoms with Gasteiger partial charge < -0.3 is 39.9 Å². The number of aromatic amines is 2. The molecule has 4 heterocycles. The van der Waals surface area contributed by atoms with Crippen LogP contribution in [0.25, 0.3) is 44.5 Å². The molecule has 14 heteroatoms. The van der Waals surface area contributed by atoms with E-state index in [-0.39, 0.29) is 46.6 Å². The molecule has 4 amide bonds. The maximum absolute atomic E-state index is 14.1. The number of fused-ring (bicyclic) bond motifs is 4. The van der Waals surface area contributed by atoms with E-state index in [1.165, 1.54) is 54.9 Å². The molecule has 5 fully saturated rings. The van der Waals surface area contributed by atoms with Gasteiger partial charge in [0.25, 0.3) is 0 Å². The van der Waals surface area contributed by atoms with E-state index in [0.717, 1.165) is 84.4 Å². The van der Waals surface area contributed by atoms with E-state index >= 15 is 0 Å². The third kappa shape index (κ3) is 7.64. The van der Waals surface area contributed by atoms with Crippen molar-refractivity contribution in [1.82, 2.24) is 40.4 Å². The van der Waals surface area contributed by atoms with Gasteiger partial charge in [0, 0.05) is 13.1 Å². The second-order valence-corrected chi connectivity index (χ2v) is 21.4. The number of amides is 4. The molecule has 2 aromatic heterocycles. The summed E-state index contributed by atoms with van der Waals surface area (Å²) < 4.78 is 9.73. The first-order valence-electron chi connectivity index (χ1n) is 24.4. The summed E-state index contributed by atoms with van der Waals surface area (Å²) in [5.74, 6) is 2.39. The van der Waals surface area contributed by atoms with Crippen molar-refractivity contribution in [3.05, 3.63) is 83.6 Å². The quantitative estimate of drug-likeness (QED) is 0.102. The lowest BCUT2D eigenvalue weighted by molar-refractivity contribution is -0.136. The summed E-state index contributed by atoms with van der Waals surface area (Å²) >= 11 is 0. The number of hydrogen-bond acceptors (Lipinski definition) is 8. The molecule has 2 saturated heterocycles. The lowest BCUT2D eigenvalue weighted by Crippen LogP contribution is -2.51. The Balaban J connectivity index is 0.846. The highest BCUT2D eigenvalue weighted by Crippen LogP contribution is 2.60. The average Bonchev–Trinajstić information content (AvgIpc) is 3.84. The number of alkyl carbamates (subject to hydrolysis) is 2. The van der Waals surface area contributed by atoms with Gasteiger partial charge in [-0.15, -0.1) is 0 Å². The fourth-order valence-corrected chi connectivity index (χ4v) is 12.0. The van der Waals surface area contributed by atoms with Crippen LogP contribution >= 0.6 is 0 Å². The fraction of sp³-hybridized carbons (Fsp3) is 0.509. The summed E-state index contributed by atoms with van der Waals surface area (Å²) in [5.41, 5.74) is 11.8. The Labute approximate surface area is 391 Å². The van der Waals surface area contributed by atoms with Crippen molar-refractivity contribution in [1.29, 1.82) is 0 Å². The predicted octanol–water partition coefficient (Wildman–Crippen LogP) is 9.21. The lowest BCUT2D eigenvalue weighted by Gasteiger charge is -2.31. The van der Waals surface area contributed by atoms with Crippen LogP contribution in [-0.4, -0.2) is 93.1 Å². The van der Waals surface area contributed by atoms with Crippen molar-refractivity contribution in [2.45, 2.75) is 116 Å². The topological polar surface area (TPSA) is 175 Å². The molecule has 3 saturated carbocycles. The van der Waals surface area contributed by atoms with Crippen LogP contribution in [0, 0.1) is 28.6 Å². The summed E-state index contributed by atoms with van der Waals surface area (Å²) in [6.07, 6.45) is 10.3. The molecule has 2 unspecified atom stereocenters. The molecule has 11 rings (SSSR count). The third-order valence-corrected chi connectivity index (χ3v) is 16.4. The van der Waals surface area contributed by atoms with Gasteiger partial charge in [-0.2, -0.15) is 0 Å². The number of likely N-dealkylation sites (tertiary alicyclic amines) is 2. The zero-order chi connectivity index (χ0) is 46.5. The van der Waals surface area contributed by atoms with Crippen molar-refractivity contribution in [3.63, 3.8) is 0 Å². The molecule has 6 aliphatic rings. The Hall–Kier alpha value is -6.18. The molecule has 4 aliphatic carbocycles. The normalized spacial score (nSPS) is 23.6. The van der Waals surface area contributed by atoms with Gasteiger partial charge in [0.1, 0.15) is 23.7 Å². The number of ether oxygens (including phenoxy) is 2. The Morgan fingerprint density at radius 2 is 1.27 bits per heavy atom. The number of aromatic nitrogens is 4. The van der Waals surface area contributed by atoms with Crippen LogP contribution < -0.4 is 10.6 Å². The van der Waals surface area contributed by atoms with E-state index < -0.39 is 24.3 Å². The molecule has 350 valence electrons. The molecule has 2 aliphatic heterocycles. The van der Waals surface area contributed by atoms with Crippen LogP contribution in [0.1, 0.15) is 120 Å². The second-order valence-electron chi connectivity index (χ2n) is 21.4. The molecule has 6 atom stereocenters. The number of H-pyrrole nitrogens is 2. The number of rotatable bonds is 11. The van der Waals surface area contributed by atoms with E-state index in [2.05, 4.69) is 75.2 Å². The standard InChI is InChI=1S/C53H62N8O6/c1-28(2)44(58-50(64)66-5)48(62)60-26-52(17-18-52)23-41(60)46-54-25-40(57-46)31-9-7-30(8-10-31)35-15-14-34(37-21-32-11-13-36(32)43(35)37)33-12-16-38-39(22-33)56-47(55-38)42-24-53(19-20-53)27-61(42)49(63)45(29(3)4)59-51(65)67-6/h7-10,12,14-16,22,25,28-29,32,36,41-42,44-45H,11,13,17-21,23-24,26-27H2,1-6H3,(H,54,57)(H,55,56)(H,58,64)(H,59,65)/t32?,36?,41-,42-,44-,45-/m0/s1. The van der Waals surface area contributed by atoms with E-state index in [1.807, 2.05) is 43.7 Å². The molecule has 0 radical (unpaired) electrons. The minimum absolute atomic E-state index is 0.0919. The minimum atomic E-state index is -0.686. The van der Waals surface area contributed by atoms with E-state index in [0.29, 0.717) is 24.9 Å². The molecule has 3 aromatic carbocycles. The van der Waals surface area contributed by atoms with Crippen LogP contribution in [-0.2, 0) is 25.5 Å². The predicted molar refractivity (Wildman–Crippen MR) is 254 cm³/mol. The first kappa shape index (κ1) is 43.4. The first-order chi connectivity index (χ1) is 32.3. The SMILES string of the molecule is COC(=O)N[C@H](C(=O)N1CC2(CC2)C[C@H]1c1ncc(-c2ccc(-c3ccc(-c4ccc5nc([C@@H]6CC7(CC7)CN6C(=O)[C@@H](NC(=O)OC)C(C)C)[nH]c5c4)c4c3C3CCC3C4)cc2)[nH]1)C(C)C. The number of nitrogens with zero attached hydrogens (tertiary/aromatic N) is 4. The van der Waals surface area contributed by atoms with Gasteiger partial charge in [0.15, 0.2) is 0 Å². The number of nitrogens with one attached hydrogen (secondary N) is 4. The summed E-state index contributed by atoms with van der Waals surface area (Å²) in [6.45, 7) is 9.10. The first-order valence-corrected chi connectivity index (χ1v) is 24.4. The summed E-state index contributed by atoms with van der Waals surface area (Å²) in [7, 11) is 2.64. The van der Waals surface area contributed by atoms with Crippen molar-refractivity contribution >= 4 is 35.0 Å². The minimum Gasteiger partial charge on any atom is -0.453 e. The second kappa shape index (κ2) is 16.3. The van der Waals surface area contributed by atoms with Crippen molar-refractivity contribution in [2.75, 3.05) is 27.3 Å². The lowest BCUT2D eigenvalue weighted by atomic mass is 9.73. The number of imidazole rings is 2. The zero-order valence-corrected chi connectivity index (χ0v) is 39.4. The maximum Gasteiger partial charge on any atom is 0.407 e. The van der Waals surface area contributed by atoms with E-state index in [4.69, 9.17) is 19.4 Å². The number of benzene rings is 3. The summed E-state index contributed by atoms with van der Waals surface area (Å²) in [6, 6.07) is 18.2. The van der Waals surface area contributed by atoms with Gasteiger partial charge in [0.05, 0.1) is 49.2 Å². The Morgan fingerprint density at radius 3 is 1.82 bits per heavy atom. The Kier molecular flexibility index (Phi) is 10.5. The molecular weight excluding hydrogens is 845 g/mol. The third-order valence-electron chi connectivity index (χ3n) is 16.4. The van der Waals surface area contributed by atoms with Crippen molar-refractivity contribution in [2.24, 2.45) is 28.6 Å². The van der Waals surface area contributed by atoms with Gasteiger partial charge in [-0.3, -0.25) is 9.59 Å². The smallest absolute Gasteiger partial charge is 0.407 e. The number of carbonyl (C=O) groups excluding carboxylic acids is 4. The van der Waals surface area contributed by atoms with Gasteiger partial charge in [0.2, 0.25) is 11.8 Å². The highest BCUT2D eigenvalue weighted by atomic mass is 16.5. The van der Waals surface area contributed by atoms with Gasteiger partial charge in [-0.05, 0) is 143 Å². The maximum atomic E-state index is 14.1. The monoisotopic (exact) mass is 906 g/mol. The number of methoxy groups -OCH3 is 2.